The van der Waals surface area contributed by atoms with E-state index in [-0.39, 0.29) is 11.7 Å². The van der Waals surface area contributed by atoms with Gasteiger partial charge in [-0.15, -0.1) is 11.3 Å². The van der Waals surface area contributed by atoms with Gasteiger partial charge >= 0.3 is 0 Å². The Labute approximate surface area is 177 Å². The molecular weight excluding hydrogens is 400 g/mol. The molecule has 5 nitrogen and oxygen atoms in total. The van der Waals surface area contributed by atoms with Crippen molar-refractivity contribution >= 4 is 46.3 Å². The molecule has 7 heteroatoms. The summed E-state index contributed by atoms with van der Waals surface area (Å²) in [6.45, 7) is 2.79. The lowest BCUT2D eigenvalue weighted by molar-refractivity contribution is -0.118. The van der Waals surface area contributed by atoms with Gasteiger partial charge in [-0.05, 0) is 36.1 Å². The lowest BCUT2D eigenvalue weighted by Gasteiger charge is -2.09. The van der Waals surface area contributed by atoms with E-state index in [1.54, 1.807) is 17.6 Å². The normalized spacial score (nSPS) is 11.3. The van der Waals surface area contributed by atoms with E-state index in [9.17, 15) is 4.79 Å². The van der Waals surface area contributed by atoms with E-state index in [1.807, 2.05) is 35.7 Å². The van der Waals surface area contributed by atoms with Crippen LogP contribution in [0.25, 0.3) is 11.0 Å². The van der Waals surface area contributed by atoms with Crippen molar-refractivity contribution in [1.82, 2.24) is 15.0 Å². The molecule has 0 saturated heterocycles. The van der Waals surface area contributed by atoms with Crippen molar-refractivity contribution < 1.29 is 4.79 Å². The van der Waals surface area contributed by atoms with Crippen LogP contribution in [-0.4, -0.2) is 27.4 Å². The van der Waals surface area contributed by atoms with Crippen LogP contribution in [0.4, 0.5) is 0 Å². The van der Waals surface area contributed by atoms with E-state index in [4.69, 9.17) is 4.98 Å². The highest BCUT2D eigenvalue weighted by molar-refractivity contribution is 7.99. The maximum atomic E-state index is 12.2. The number of thioether (sulfide) groups is 1. The van der Waals surface area contributed by atoms with E-state index in [0.717, 1.165) is 21.1 Å². The van der Waals surface area contributed by atoms with Gasteiger partial charge in [0.2, 0.25) is 0 Å². The number of rotatable bonds is 7. The second-order valence-electron chi connectivity index (χ2n) is 6.55. The zero-order valence-corrected chi connectivity index (χ0v) is 17.5. The SMILES string of the molecule is Cc1ccc(Cn2c(SCC(=O)N/N=C/c3cccs3)nc3ccccc32)cc1. The highest BCUT2D eigenvalue weighted by atomic mass is 32.2. The molecule has 0 aliphatic carbocycles. The highest BCUT2D eigenvalue weighted by Crippen LogP contribution is 2.25. The van der Waals surface area contributed by atoms with E-state index in [1.165, 1.54) is 22.9 Å². The number of amides is 1. The highest BCUT2D eigenvalue weighted by Gasteiger charge is 2.13. The predicted octanol–water partition coefficient (Wildman–Crippen LogP) is 4.70. The first-order chi connectivity index (χ1) is 14.2. The Morgan fingerprint density at radius 3 is 2.79 bits per heavy atom. The Kier molecular flexibility index (Phi) is 6.07. The molecule has 4 aromatic rings. The fraction of sp³-hybridized carbons (Fsp3) is 0.136. The van der Waals surface area contributed by atoms with Gasteiger partial charge in [0.1, 0.15) is 0 Å². The van der Waals surface area contributed by atoms with E-state index >= 15 is 0 Å². The smallest absolute Gasteiger partial charge is 0.250 e. The van der Waals surface area contributed by atoms with Crippen molar-refractivity contribution in [2.75, 3.05) is 5.75 Å². The third-order valence-electron chi connectivity index (χ3n) is 4.34. The third-order valence-corrected chi connectivity index (χ3v) is 6.12. The molecule has 0 spiro atoms. The van der Waals surface area contributed by atoms with Gasteiger partial charge in [-0.25, -0.2) is 10.4 Å². The number of carbonyl (C=O) groups excluding carboxylic acids is 1. The fourth-order valence-corrected chi connectivity index (χ4v) is 4.28. The molecule has 0 aliphatic rings. The van der Waals surface area contributed by atoms with E-state index < -0.39 is 0 Å². The first-order valence-corrected chi connectivity index (χ1v) is 11.0. The maximum Gasteiger partial charge on any atom is 0.250 e. The average Bonchev–Trinajstić information content (AvgIpc) is 3.36. The molecule has 29 heavy (non-hydrogen) atoms. The maximum absolute atomic E-state index is 12.2. The largest absolute Gasteiger partial charge is 0.314 e. The van der Waals surface area contributed by atoms with Gasteiger partial charge in [0.25, 0.3) is 5.91 Å². The Bertz CT molecular complexity index is 1130. The lowest BCUT2D eigenvalue weighted by atomic mass is 10.1. The Hall–Kier alpha value is -2.90. The molecule has 1 N–H and O–H groups in total. The molecule has 0 saturated carbocycles. The Morgan fingerprint density at radius 2 is 2.00 bits per heavy atom. The number of hydrogen-bond donors (Lipinski definition) is 1. The fourth-order valence-electron chi connectivity index (χ4n) is 2.89. The summed E-state index contributed by atoms with van der Waals surface area (Å²) in [4.78, 5) is 17.9. The molecular formula is C22H20N4OS2. The summed E-state index contributed by atoms with van der Waals surface area (Å²) in [6.07, 6.45) is 1.65. The van der Waals surface area contributed by atoms with Crippen molar-refractivity contribution in [2.45, 2.75) is 18.6 Å². The minimum absolute atomic E-state index is 0.156. The number of thiophene rings is 1. The summed E-state index contributed by atoms with van der Waals surface area (Å²) in [5, 5.41) is 6.81. The van der Waals surface area contributed by atoms with Gasteiger partial charge in [0.05, 0.1) is 29.5 Å². The molecule has 4 rings (SSSR count). The number of nitrogens with zero attached hydrogens (tertiary/aromatic N) is 3. The molecule has 1 amide bonds. The second kappa shape index (κ2) is 9.07. The van der Waals surface area contributed by atoms with Crippen molar-refractivity contribution in [3.8, 4) is 0 Å². The standard InChI is InChI=1S/C22H20N4OS2/c1-16-8-10-17(11-9-16)14-26-20-7-3-2-6-19(20)24-22(26)29-15-21(27)25-23-13-18-5-4-12-28-18/h2-13H,14-15H2,1H3,(H,25,27)/b23-13+. The Balaban J connectivity index is 1.47. The van der Waals surface area contributed by atoms with Crippen LogP contribution in [0.15, 0.2) is 76.3 Å². The van der Waals surface area contributed by atoms with E-state index in [0.29, 0.717) is 6.54 Å². The monoisotopic (exact) mass is 420 g/mol. The summed E-state index contributed by atoms with van der Waals surface area (Å²) in [6, 6.07) is 20.4. The molecule has 0 fully saturated rings. The average molecular weight is 421 g/mol. The molecule has 2 aromatic heterocycles. The summed E-state index contributed by atoms with van der Waals surface area (Å²) in [5.74, 6) is 0.0932. The lowest BCUT2D eigenvalue weighted by Crippen LogP contribution is -2.20. The van der Waals surface area contributed by atoms with Crippen LogP contribution in [0.3, 0.4) is 0 Å². The topological polar surface area (TPSA) is 59.3 Å². The van der Waals surface area contributed by atoms with Crippen molar-refractivity contribution in [2.24, 2.45) is 5.10 Å². The first-order valence-electron chi connectivity index (χ1n) is 9.18. The van der Waals surface area contributed by atoms with Crippen LogP contribution in [0.1, 0.15) is 16.0 Å². The summed E-state index contributed by atoms with van der Waals surface area (Å²) in [7, 11) is 0. The zero-order valence-electron chi connectivity index (χ0n) is 15.9. The minimum atomic E-state index is -0.156. The van der Waals surface area contributed by atoms with Crippen LogP contribution >= 0.6 is 23.1 Å². The van der Waals surface area contributed by atoms with Crippen LogP contribution in [-0.2, 0) is 11.3 Å². The van der Waals surface area contributed by atoms with Crippen LogP contribution in [0, 0.1) is 6.92 Å². The van der Waals surface area contributed by atoms with Crippen LogP contribution < -0.4 is 5.43 Å². The molecule has 2 aromatic carbocycles. The molecule has 0 atom stereocenters. The van der Waals surface area contributed by atoms with E-state index in [2.05, 4.69) is 52.3 Å². The Morgan fingerprint density at radius 1 is 1.17 bits per heavy atom. The van der Waals surface area contributed by atoms with Gasteiger partial charge < -0.3 is 4.57 Å². The zero-order chi connectivity index (χ0) is 20.1. The number of nitrogens with one attached hydrogen (secondary N) is 1. The molecule has 0 bridgehead atoms. The molecule has 0 aliphatic heterocycles. The number of hydrogen-bond acceptors (Lipinski definition) is 5. The molecule has 0 unspecified atom stereocenters. The number of para-hydroxylation sites is 2. The predicted molar refractivity (Wildman–Crippen MR) is 121 cm³/mol. The molecule has 2 heterocycles. The quantitative estimate of drug-likeness (QED) is 0.268. The minimum Gasteiger partial charge on any atom is -0.314 e. The van der Waals surface area contributed by atoms with Gasteiger partial charge in [-0.1, -0.05) is 59.8 Å². The number of hydrazone groups is 1. The second-order valence-corrected chi connectivity index (χ2v) is 8.47. The summed E-state index contributed by atoms with van der Waals surface area (Å²) in [5.41, 5.74) is 7.00. The van der Waals surface area contributed by atoms with Gasteiger partial charge in [-0.2, -0.15) is 5.10 Å². The van der Waals surface area contributed by atoms with Gasteiger partial charge in [0.15, 0.2) is 5.16 Å². The molecule has 146 valence electrons. The van der Waals surface area contributed by atoms with Gasteiger partial charge in [-0.3, -0.25) is 4.79 Å². The number of imidazole rings is 1. The van der Waals surface area contributed by atoms with Crippen molar-refractivity contribution in [3.05, 3.63) is 82.0 Å². The van der Waals surface area contributed by atoms with Crippen molar-refractivity contribution in [1.29, 1.82) is 0 Å². The van der Waals surface area contributed by atoms with Crippen LogP contribution in [0.5, 0.6) is 0 Å². The first kappa shape index (κ1) is 19.4. The number of aromatic nitrogens is 2. The van der Waals surface area contributed by atoms with Gasteiger partial charge in [0, 0.05) is 4.88 Å². The number of carbonyl (C=O) groups is 1. The van der Waals surface area contributed by atoms with Crippen molar-refractivity contribution in [3.63, 3.8) is 0 Å². The number of aryl methyl sites for hydroxylation is 1. The summed E-state index contributed by atoms with van der Waals surface area (Å²) >= 11 is 2.99. The molecule has 0 radical (unpaired) electrons. The number of fused-ring (bicyclic) bond motifs is 1. The number of benzene rings is 2. The third kappa shape index (κ3) is 4.93. The summed E-state index contributed by atoms with van der Waals surface area (Å²) < 4.78 is 2.16. The van der Waals surface area contributed by atoms with Crippen LogP contribution in [0.2, 0.25) is 0 Å².